The van der Waals surface area contributed by atoms with Crippen molar-refractivity contribution >= 4 is 23.2 Å². The number of hydrogen-bond donors (Lipinski definition) is 2. The highest BCUT2D eigenvalue weighted by atomic mass is 35.5. The number of rotatable bonds is 4. The van der Waals surface area contributed by atoms with Crippen LogP contribution in [0.5, 0.6) is 11.5 Å². The smallest absolute Gasteiger partial charge is 0.259 e. The maximum absolute atomic E-state index is 12.2. The van der Waals surface area contributed by atoms with Gasteiger partial charge in [0.05, 0.1) is 17.9 Å². The minimum atomic E-state index is -0.447. The highest BCUT2D eigenvalue weighted by Crippen LogP contribution is 2.27. The summed E-state index contributed by atoms with van der Waals surface area (Å²) in [5.41, 5.74) is 0.655. The summed E-state index contributed by atoms with van der Waals surface area (Å²) >= 11 is 5.83. The summed E-state index contributed by atoms with van der Waals surface area (Å²) in [5, 5.41) is 12.8. The first kappa shape index (κ1) is 17.9. The number of aromatic hydroxyl groups is 1. The molecule has 118 valence electrons. The van der Waals surface area contributed by atoms with E-state index in [4.69, 9.17) is 16.3 Å². The largest absolute Gasteiger partial charge is 0.507 e. The molecule has 0 aliphatic heterocycles. The van der Waals surface area contributed by atoms with Gasteiger partial charge in [0.15, 0.2) is 0 Å². The van der Waals surface area contributed by atoms with Gasteiger partial charge in [0.25, 0.3) is 5.91 Å². The third-order valence-corrected chi connectivity index (χ3v) is 2.87. The van der Waals surface area contributed by atoms with E-state index in [0.717, 1.165) is 0 Å². The van der Waals surface area contributed by atoms with Crippen molar-refractivity contribution < 1.29 is 14.6 Å². The Labute approximate surface area is 135 Å². The van der Waals surface area contributed by atoms with Gasteiger partial charge in [-0.1, -0.05) is 37.6 Å². The molecule has 0 aliphatic carbocycles. The van der Waals surface area contributed by atoms with E-state index in [9.17, 15) is 9.90 Å². The summed E-state index contributed by atoms with van der Waals surface area (Å²) in [4.78, 5) is 12.2. The molecule has 2 aromatic rings. The van der Waals surface area contributed by atoms with E-state index in [1.54, 1.807) is 18.2 Å². The second-order valence-electron chi connectivity index (χ2n) is 4.04. The number of carbonyl (C=O) groups is 1. The lowest BCUT2D eigenvalue weighted by molar-refractivity contribution is 0.102. The summed E-state index contributed by atoms with van der Waals surface area (Å²) in [6.45, 7) is 6.36. The molecule has 0 bridgehead atoms. The summed E-state index contributed by atoms with van der Waals surface area (Å²) in [5.74, 6) is 0.00260. The van der Waals surface area contributed by atoms with Gasteiger partial charge in [-0.3, -0.25) is 4.79 Å². The second-order valence-corrected chi connectivity index (χ2v) is 4.48. The van der Waals surface area contributed by atoms with Gasteiger partial charge in [-0.05, 0) is 37.3 Å². The van der Waals surface area contributed by atoms with E-state index in [-0.39, 0.29) is 11.3 Å². The number of halogens is 1. The van der Waals surface area contributed by atoms with Crippen LogP contribution in [0.1, 0.15) is 31.1 Å². The Balaban J connectivity index is 0.00000116. The predicted octanol–water partition coefficient (Wildman–Crippen LogP) is 4.72. The fraction of sp³-hybridized carbons (Fsp3) is 0.235. The molecule has 0 aromatic heterocycles. The van der Waals surface area contributed by atoms with Gasteiger partial charge >= 0.3 is 0 Å². The molecule has 0 atom stereocenters. The lowest BCUT2D eigenvalue weighted by Gasteiger charge is -2.12. The van der Waals surface area contributed by atoms with Gasteiger partial charge < -0.3 is 15.2 Å². The molecule has 2 rings (SSSR count). The summed E-state index contributed by atoms with van der Waals surface area (Å²) in [6.07, 6.45) is 0. The molecule has 0 radical (unpaired) electrons. The van der Waals surface area contributed by atoms with Crippen LogP contribution in [0.25, 0.3) is 0 Å². The molecule has 0 heterocycles. The minimum absolute atomic E-state index is 0.115. The Morgan fingerprint density at radius 3 is 2.59 bits per heavy atom. The van der Waals surface area contributed by atoms with Gasteiger partial charge in [0.2, 0.25) is 0 Å². The lowest BCUT2D eigenvalue weighted by Crippen LogP contribution is -2.13. The van der Waals surface area contributed by atoms with E-state index in [1.807, 2.05) is 26.8 Å². The van der Waals surface area contributed by atoms with Crippen molar-refractivity contribution in [2.75, 3.05) is 11.9 Å². The third kappa shape index (κ3) is 4.67. The number of phenols is 1. The summed E-state index contributed by atoms with van der Waals surface area (Å²) < 4.78 is 5.42. The first-order valence-electron chi connectivity index (χ1n) is 7.13. The normalized spacial score (nSPS) is 9.45. The highest BCUT2D eigenvalue weighted by Gasteiger charge is 2.13. The fourth-order valence-corrected chi connectivity index (χ4v) is 1.90. The molecule has 0 spiro atoms. The van der Waals surface area contributed by atoms with Gasteiger partial charge in [0, 0.05) is 5.02 Å². The molecule has 1 amide bonds. The molecule has 5 heteroatoms. The monoisotopic (exact) mass is 321 g/mol. The molecule has 22 heavy (non-hydrogen) atoms. The number of carbonyl (C=O) groups excluding carboxylic acids is 1. The van der Waals surface area contributed by atoms with Crippen molar-refractivity contribution in [1.29, 1.82) is 0 Å². The van der Waals surface area contributed by atoms with Crippen molar-refractivity contribution in [1.82, 2.24) is 0 Å². The van der Waals surface area contributed by atoms with E-state index in [2.05, 4.69) is 5.32 Å². The SMILES string of the molecule is CC.CCOc1ccccc1NC(=O)c1cc(Cl)ccc1O. The van der Waals surface area contributed by atoms with Crippen molar-refractivity contribution in [3.8, 4) is 11.5 Å². The fourth-order valence-electron chi connectivity index (χ4n) is 1.73. The Kier molecular flexibility index (Phi) is 7.26. The molecule has 4 nitrogen and oxygen atoms in total. The molecule has 0 saturated carbocycles. The second kappa shape index (κ2) is 8.95. The zero-order valence-corrected chi connectivity index (χ0v) is 13.6. The quantitative estimate of drug-likeness (QED) is 0.856. The predicted molar refractivity (Wildman–Crippen MR) is 90.0 cm³/mol. The van der Waals surface area contributed by atoms with E-state index in [1.165, 1.54) is 18.2 Å². The maximum Gasteiger partial charge on any atom is 0.259 e. The average Bonchev–Trinajstić information content (AvgIpc) is 2.53. The molecule has 2 N–H and O–H groups in total. The van der Waals surface area contributed by atoms with Crippen molar-refractivity contribution in [3.63, 3.8) is 0 Å². The number of ether oxygens (including phenoxy) is 1. The van der Waals surface area contributed by atoms with Crippen LogP contribution in [0.3, 0.4) is 0 Å². The molecule has 0 unspecified atom stereocenters. The van der Waals surface area contributed by atoms with Crippen LogP contribution in [0.15, 0.2) is 42.5 Å². The standard InChI is InChI=1S/C15H14ClNO3.C2H6/c1-2-20-14-6-4-3-5-12(14)17-15(19)11-9-10(16)7-8-13(11)18;1-2/h3-9,18H,2H2,1H3,(H,17,19);1-2H3. The summed E-state index contributed by atoms with van der Waals surface area (Å²) in [7, 11) is 0. The zero-order valence-electron chi connectivity index (χ0n) is 12.9. The Morgan fingerprint density at radius 2 is 1.91 bits per heavy atom. The van der Waals surface area contributed by atoms with E-state index < -0.39 is 5.91 Å². The Hall–Kier alpha value is -2.20. The van der Waals surface area contributed by atoms with Crippen molar-refractivity contribution in [2.45, 2.75) is 20.8 Å². The number of anilines is 1. The van der Waals surface area contributed by atoms with Gasteiger partial charge in [-0.15, -0.1) is 0 Å². The first-order valence-corrected chi connectivity index (χ1v) is 7.51. The minimum Gasteiger partial charge on any atom is -0.507 e. The number of hydrogen-bond acceptors (Lipinski definition) is 3. The van der Waals surface area contributed by atoms with Gasteiger partial charge in [-0.2, -0.15) is 0 Å². The van der Waals surface area contributed by atoms with Gasteiger partial charge in [0.1, 0.15) is 11.5 Å². The molecule has 2 aromatic carbocycles. The third-order valence-electron chi connectivity index (χ3n) is 2.64. The lowest BCUT2D eigenvalue weighted by atomic mass is 10.2. The summed E-state index contributed by atoms with van der Waals surface area (Å²) in [6, 6.07) is 11.4. The van der Waals surface area contributed by atoms with Crippen LogP contribution in [-0.2, 0) is 0 Å². The van der Waals surface area contributed by atoms with Crippen LogP contribution in [0, 0.1) is 0 Å². The van der Waals surface area contributed by atoms with Crippen LogP contribution in [0.2, 0.25) is 5.02 Å². The Bertz CT molecular complexity index is 629. The van der Waals surface area contributed by atoms with Gasteiger partial charge in [-0.25, -0.2) is 0 Å². The molecule has 0 saturated heterocycles. The average molecular weight is 322 g/mol. The van der Waals surface area contributed by atoms with E-state index >= 15 is 0 Å². The highest BCUT2D eigenvalue weighted by molar-refractivity contribution is 6.31. The molecule has 0 fully saturated rings. The molecular weight excluding hydrogens is 302 g/mol. The maximum atomic E-state index is 12.2. The number of phenolic OH excluding ortho intramolecular Hbond substituents is 1. The Morgan fingerprint density at radius 1 is 1.23 bits per heavy atom. The topological polar surface area (TPSA) is 58.6 Å². The molecule has 0 aliphatic rings. The van der Waals surface area contributed by atoms with Crippen molar-refractivity contribution in [2.24, 2.45) is 0 Å². The van der Waals surface area contributed by atoms with Crippen LogP contribution in [0.4, 0.5) is 5.69 Å². The zero-order chi connectivity index (χ0) is 16.5. The van der Waals surface area contributed by atoms with E-state index in [0.29, 0.717) is 23.1 Å². The number of amides is 1. The van der Waals surface area contributed by atoms with Crippen LogP contribution >= 0.6 is 11.6 Å². The van der Waals surface area contributed by atoms with Crippen LogP contribution < -0.4 is 10.1 Å². The molecular formula is C17H20ClNO3. The number of para-hydroxylation sites is 2. The van der Waals surface area contributed by atoms with Crippen LogP contribution in [-0.4, -0.2) is 17.6 Å². The first-order chi connectivity index (χ1) is 10.6. The number of benzene rings is 2. The number of nitrogens with one attached hydrogen (secondary N) is 1. The van der Waals surface area contributed by atoms with Crippen molar-refractivity contribution in [3.05, 3.63) is 53.1 Å².